The molecular weight excluding hydrogens is 274 g/mol. The molecular formula is C19H21NO2. The summed E-state index contributed by atoms with van der Waals surface area (Å²) < 4.78 is 0. The van der Waals surface area contributed by atoms with Gasteiger partial charge in [-0.3, -0.25) is 4.79 Å². The van der Waals surface area contributed by atoms with E-state index in [2.05, 4.69) is 17.4 Å². The summed E-state index contributed by atoms with van der Waals surface area (Å²) in [7, 11) is 0. The van der Waals surface area contributed by atoms with E-state index in [0.29, 0.717) is 12.3 Å². The molecule has 3 heteroatoms. The Morgan fingerprint density at radius 3 is 2.36 bits per heavy atom. The highest BCUT2D eigenvalue weighted by Gasteiger charge is 2.44. The summed E-state index contributed by atoms with van der Waals surface area (Å²) in [5, 5.41) is 12.3. The van der Waals surface area contributed by atoms with E-state index in [1.54, 1.807) is 0 Å². The minimum absolute atomic E-state index is 0.0621. The van der Waals surface area contributed by atoms with Gasteiger partial charge in [-0.25, -0.2) is 0 Å². The van der Waals surface area contributed by atoms with E-state index in [-0.39, 0.29) is 24.5 Å². The van der Waals surface area contributed by atoms with Gasteiger partial charge in [0, 0.05) is 12.5 Å². The molecule has 0 bridgehead atoms. The summed E-state index contributed by atoms with van der Waals surface area (Å²) >= 11 is 0. The third-order valence-corrected chi connectivity index (χ3v) is 4.29. The van der Waals surface area contributed by atoms with Crippen molar-refractivity contribution in [3.8, 4) is 0 Å². The van der Waals surface area contributed by atoms with Crippen LogP contribution in [-0.2, 0) is 4.79 Å². The van der Waals surface area contributed by atoms with Crippen molar-refractivity contribution in [2.75, 3.05) is 6.61 Å². The Morgan fingerprint density at radius 2 is 1.73 bits per heavy atom. The zero-order chi connectivity index (χ0) is 15.4. The third-order valence-electron chi connectivity index (χ3n) is 4.29. The lowest BCUT2D eigenvalue weighted by Crippen LogP contribution is -2.30. The van der Waals surface area contributed by atoms with Crippen LogP contribution in [0.25, 0.3) is 0 Å². The maximum Gasteiger partial charge on any atom is 0.224 e. The largest absolute Gasteiger partial charge is 0.396 e. The van der Waals surface area contributed by atoms with Crippen LogP contribution in [0.15, 0.2) is 60.7 Å². The van der Waals surface area contributed by atoms with Crippen molar-refractivity contribution >= 4 is 5.91 Å². The number of aliphatic hydroxyl groups is 1. The molecule has 0 radical (unpaired) electrons. The maximum absolute atomic E-state index is 12.5. The highest BCUT2D eigenvalue weighted by atomic mass is 16.3. The van der Waals surface area contributed by atoms with Crippen LogP contribution in [0.5, 0.6) is 0 Å². The van der Waals surface area contributed by atoms with Crippen LogP contribution in [0, 0.1) is 5.92 Å². The minimum atomic E-state index is -0.115. The van der Waals surface area contributed by atoms with Gasteiger partial charge in [-0.2, -0.15) is 0 Å². The normalized spacial score (nSPS) is 21.1. The predicted molar refractivity (Wildman–Crippen MR) is 86.3 cm³/mol. The molecule has 114 valence electrons. The number of aliphatic hydroxyl groups excluding tert-OH is 1. The highest BCUT2D eigenvalue weighted by Crippen LogP contribution is 2.47. The first-order chi connectivity index (χ1) is 10.8. The fourth-order valence-electron chi connectivity index (χ4n) is 2.97. The Bertz CT molecular complexity index is 612. The van der Waals surface area contributed by atoms with Gasteiger partial charge in [0.2, 0.25) is 5.91 Å². The lowest BCUT2D eigenvalue weighted by atomic mass is 10.0. The fourth-order valence-corrected chi connectivity index (χ4v) is 2.97. The Hall–Kier alpha value is -2.13. The molecule has 3 nitrogen and oxygen atoms in total. The topological polar surface area (TPSA) is 49.3 Å². The van der Waals surface area contributed by atoms with Crippen molar-refractivity contribution in [3.63, 3.8) is 0 Å². The molecule has 1 aliphatic rings. The lowest BCUT2D eigenvalue weighted by molar-refractivity contribution is -0.123. The Balaban J connectivity index is 1.63. The molecule has 0 saturated heterocycles. The summed E-state index contributed by atoms with van der Waals surface area (Å²) in [5.74, 6) is 0.496. The van der Waals surface area contributed by atoms with Gasteiger partial charge in [0.25, 0.3) is 0 Å². The predicted octanol–water partition coefficient (Wildman–Crippen LogP) is 3.03. The van der Waals surface area contributed by atoms with Crippen LogP contribution in [0.2, 0.25) is 0 Å². The second-order valence-corrected chi connectivity index (χ2v) is 5.84. The van der Waals surface area contributed by atoms with Crippen molar-refractivity contribution in [1.29, 1.82) is 0 Å². The number of carbonyl (C=O) groups excluding carboxylic acids is 1. The number of hydrogen-bond donors (Lipinski definition) is 2. The van der Waals surface area contributed by atoms with Gasteiger partial charge >= 0.3 is 0 Å². The number of hydrogen-bond acceptors (Lipinski definition) is 2. The SMILES string of the molecule is O=C(NC(CCO)c1ccccc1)C1CC1c1ccccc1. The quantitative estimate of drug-likeness (QED) is 0.860. The summed E-state index contributed by atoms with van der Waals surface area (Å²) in [5.41, 5.74) is 2.28. The summed E-state index contributed by atoms with van der Waals surface area (Å²) in [6, 6.07) is 19.9. The monoisotopic (exact) mass is 295 g/mol. The average molecular weight is 295 g/mol. The minimum Gasteiger partial charge on any atom is -0.396 e. The second-order valence-electron chi connectivity index (χ2n) is 5.84. The van der Waals surface area contributed by atoms with E-state index >= 15 is 0 Å². The van der Waals surface area contributed by atoms with E-state index in [0.717, 1.165) is 12.0 Å². The van der Waals surface area contributed by atoms with Crippen molar-refractivity contribution < 1.29 is 9.90 Å². The zero-order valence-electron chi connectivity index (χ0n) is 12.5. The lowest BCUT2D eigenvalue weighted by Gasteiger charge is -2.18. The van der Waals surface area contributed by atoms with Gasteiger partial charge in [-0.05, 0) is 29.9 Å². The number of nitrogens with one attached hydrogen (secondary N) is 1. The molecule has 2 N–H and O–H groups in total. The van der Waals surface area contributed by atoms with Gasteiger partial charge < -0.3 is 10.4 Å². The molecule has 0 heterocycles. The van der Waals surface area contributed by atoms with E-state index in [1.165, 1.54) is 5.56 Å². The van der Waals surface area contributed by atoms with Gasteiger partial charge in [0.1, 0.15) is 0 Å². The molecule has 2 aromatic rings. The molecule has 1 aliphatic carbocycles. The van der Waals surface area contributed by atoms with E-state index in [1.807, 2.05) is 48.5 Å². The maximum atomic E-state index is 12.5. The Morgan fingerprint density at radius 1 is 1.09 bits per heavy atom. The van der Waals surface area contributed by atoms with Crippen LogP contribution in [0.4, 0.5) is 0 Å². The highest BCUT2D eigenvalue weighted by molar-refractivity contribution is 5.83. The van der Waals surface area contributed by atoms with Crippen molar-refractivity contribution in [1.82, 2.24) is 5.32 Å². The zero-order valence-corrected chi connectivity index (χ0v) is 12.5. The summed E-state index contributed by atoms with van der Waals surface area (Å²) in [4.78, 5) is 12.5. The third kappa shape index (κ3) is 3.37. The van der Waals surface area contributed by atoms with Gasteiger partial charge in [-0.15, -0.1) is 0 Å². The standard InChI is InChI=1S/C19H21NO2/c21-12-11-18(15-9-5-2-6-10-15)20-19(22)17-13-16(17)14-7-3-1-4-8-14/h1-10,16-18,21H,11-13H2,(H,20,22). The van der Waals surface area contributed by atoms with Gasteiger partial charge in [0.15, 0.2) is 0 Å². The van der Waals surface area contributed by atoms with Crippen LogP contribution < -0.4 is 5.32 Å². The molecule has 1 fully saturated rings. The van der Waals surface area contributed by atoms with Crippen molar-refractivity contribution in [2.45, 2.75) is 24.8 Å². The first-order valence-corrected chi connectivity index (χ1v) is 7.80. The van der Waals surface area contributed by atoms with Crippen molar-refractivity contribution in [3.05, 3.63) is 71.8 Å². The van der Waals surface area contributed by atoms with Gasteiger partial charge in [-0.1, -0.05) is 60.7 Å². The summed E-state index contributed by atoms with van der Waals surface area (Å²) in [6.07, 6.45) is 1.45. The fraction of sp³-hybridized carbons (Fsp3) is 0.316. The molecule has 0 aromatic heterocycles. The number of amides is 1. The van der Waals surface area contributed by atoms with Crippen LogP contribution >= 0.6 is 0 Å². The molecule has 3 atom stereocenters. The first kappa shape index (κ1) is 14.8. The Labute approximate surface area is 131 Å². The number of rotatable bonds is 6. The molecule has 1 saturated carbocycles. The van der Waals surface area contributed by atoms with Crippen LogP contribution in [0.1, 0.15) is 35.9 Å². The molecule has 22 heavy (non-hydrogen) atoms. The molecule has 1 amide bonds. The summed E-state index contributed by atoms with van der Waals surface area (Å²) in [6.45, 7) is 0.0621. The van der Waals surface area contributed by atoms with E-state index < -0.39 is 0 Å². The first-order valence-electron chi connectivity index (χ1n) is 7.80. The van der Waals surface area contributed by atoms with Crippen LogP contribution in [0.3, 0.4) is 0 Å². The Kier molecular flexibility index (Phi) is 4.54. The molecule has 3 unspecified atom stereocenters. The van der Waals surface area contributed by atoms with Gasteiger partial charge in [0.05, 0.1) is 6.04 Å². The molecule has 3 rings (SSSR count). The smallest absolute Gasteiger partial charge is 0.224 e. The van der Waals surface area contributed by atoms with E-state index in [4.69, 9.17) is 0 Å². The van der Waals surface area contributed by atoms with E-state index in [9.17, 15) is 9.90 Å². The molecule has 0 spiro atoms. The number of carbonyl (C=O) groups is 1. The number of benzene rings is 2. The van der Waals surface area contributed by atoms with Crippen LogP contribution in [-0.4, -0.2) is 17.6 Å². The molecule has 2 aromatic carbocycles. The average Bonchev–Trinajstić information content (AvgIpc) is 3.37. The molecule has 0 aliphatic heterocycles. The van der Waals surface area contributed by atoms with Crippen molar-refractivity contribution in [2.24, 2.45) is 5.92 Å². The second kappa shape index (κ2) is 6.75.